The Balaban J connectivity index is 1.38. The minimum absolute atomic E-state index is 0.0374. The molecule has 2 amide bonds. The zero-order chi connectivity index (χ0) is 27.1. The summed E-state index contributed by atoms with van der Waals surface area (Å²) in [5.41, 5.74) is 12.5. The topological polar surface area (TPSA) is 207 Å². The molecular formula is C21H23N10O5S2+. The van der Waals surface area contributed by atoms with Gasteiger partial charge >= 0.3 is 11.6 Å². The van der Waals surface area contributed by atoms with Crippen molar-refractivity contribution in [3.8, 4) is 0 Å². The smallest absolute Gasteiger partial charge is 0.352 e. The highest BCUT2D eigenvalue weighted by Crippen LogP contribution is 2.40. The zero-order valence-corrected chi connectivity index (χ0v) is 21.8. The van der Waals surface area contributed by atoms with Gasteiger partial charge in [-0.15, -0.1) is 11.8 Å². The fourth-order valence-electron chi connectivity index (χ4n) is 4.08. The number of carbonyl (C=O) groups is 3. The molecule has 2 atom stereocenters. The SMILES string of the molecule is CC(C)O/N=C(\C(=O)N[C@@H]1C(=O)N2C(C(=O)O)=C(C[n+]3cc(N)n4ncccc43)CS[C@H]12)c1nsc(N)n1. The van der Waals surface area contributed by atoms with E-state index in [2.05, 4.69) is 24.9 Å². The van der Waals surface area contributed by atoms with Gasteiger partial charge in [0, 0.05) is 28.9 Å². The number of thioether (sulfide) groups is 1. The standard InChI is InChI=1S/C21H22N10O5S2/c1-9(2)36-27-13(16-26-21(23)38-28-16)17(32)25-14-18(33)30-15(20(34)35)10(8-37-19(14)30)6-29-7-11(22)31-12(29)4-3-5-24-31/h3-5,7,9,14,19H,6,8H2,1-2H3,(H5-,22,23,24,25,26,28,32,34,35)/p+1/b27-13-/t14-,19-/m1/s1. The van der Waals surface area contributed by atoms with Gasteiger partial charge < -0.3 is 26.7 Å². The maximum atomic E-state index is 13.1. The molecule has 5 rings (SSSR count). The highest BCUT2D eigenvalue weighted by molar-refractivity contribution is 8.00. The van der Waals surface area contributed by atoms with E-state index in [1.54, 1.807) is 42.9 Å². The van der Waals surface area contributed by atoms with E-state index in [-0.39, 0.29) is 35.0 Å². The van der Waals surface area contributed by atoms with Crippen LogP contribution in [-0.4, -0.2) is 75.7 Å². The molecule has 3 aromatic rings. The Morgan fingerprint density at radius 3 is 2.87 bits per heavy atom. The van der Waals surface area contributed by atoms with E-state index in [1.807, 2.05) is 0 Å². The number of nitrogens with two attached hydrogens (primary N) is 2. The number of nitrogen functional groups attached to an aromatic ring is 2. The van der Waals surface area contributed by atoms with Crippen molar-refractivity contribution < 1.29 is 28.9 Å². The Morgan fingerprint density at radius 2 is 2.18 bits per heavy atom. The number of fused-ring (bicyclic) bond motifs is 2. The number of rotatable bonds is 8. The van der Waals surface area contributed by atoms with Gasteiger partial charge in [0.25, 0.3) is 17.6 Å². The third-order valence-electron chi connectivity index (χ3n) is 5.68. The van der Waals surface area contributed by atoms with Gasteiger partial charge in [0.15, 0.2) is 11.3 Å². The summed E-state index contributed by atoms with van der Waals surface area (Å²) in [6.07, 6.45) is 2.92. The molecule has 0 spiro atoms. The molecule has 0 aromatic carbocycles. The quantitative estimate of drug-likeness (QED) is 0.116. The van der Waals surface area contributed by atoms with Crippen molar-refractivity contribution >= 4 is 63.4 Å². The lowest BCUT2D eigenvalue weighted by Crippen LogP contribution is -2.71. The number of imidazole rings is 1. The van der Waals surface area contributed by atoms with E-state index in [0.717, 1.165) is 11.5 Å². The Morgan fingerprint density at radius 1 is 1.39 bits per heavy atom. The Kier molecular flexibility index (Phi) is 6.62. The van der Waals surface area contributed by atoms with Crippen molar-refractivity contribution in [2.75, 3.05) is 17.2 Å². The van der Waals surface area contributed by atoms with Crippen molar-refractivity contribution in [1.29, 1.82) is 0 Å². The number of anilines is 2. The molecule has 0 bridgehead atoms. The van der Waals surface area contributed by atoms with Crippen LogP contribution in [0.5, 0.6) is 0 Å². The number of hydrogen-bond acceptors (Lipinski definition) is 12. The van der Waals surface area contributed by atoms with Crippen molar-refractivity contribution in [3.63, 3.8) is 0 Å². The second-order valence-corrected chi connectivity index (χ2v) is 10.5. The fraction of sp³-hybridized carbons (Fsp3) is 0.333. The number of nitrogens with zero attached hydrogens (tertiary/aromatic N) is 7. The number of amides is 2. The summed E-state index contributed by atoms with van der Waals surface area (Å²) in [6.45, 7) is 3.64. The van der Waals surface area contributed by atoms with Crippen LogP contribution in [0.1, 0.15) is 19.7 Å². The summed E-state index contributed by atoms with van der Waals surface area (Å²) >= 11 is 2.22. The van der Waals surface area contributed by atoms with Crippen LogP contribution >= 0.6 is 23.3 Å². The van der Waals surface area contributed by atoms with Crippen LogP contribution in [0.15, 0.2) is 41.0 Å². The van der Waals surface area contributed by atoms with Crippen molar-refractivity contribution in [3.05, 3.63) is 41.6 Å². The second-order valence-electron chi connectivity index (χ2n) is 8.64. The van der Waals surface area contributed by atoms with Crippen LogP contribution < -0.4 is 21.4 Å². The number of β-lactam (4-membered cyclic amide) rings is 1. The summed E-state index contributed by atoms with van der Waals surface area (Å²) < 4.78 is 7.31. The minimum atomic E-state index is -1.24. The average Bonchev–Trinajstić information content (AvgIpc) is 3.45. The molecular weight excluding hydrogens is 536 g/mol. The molecule has 5 heterocycles. The van der Waals surface area contributed by atoms with Crippen molar-refractivity contribution in [2.45, 2.75) is 37.9 Å². The number of hydrogen-bond donors (Lipinski definition) is 4. The van der Waals surface area contributed by atoms with E-state index >= 15 is 0 Å². The maximum Gasteiger partial charge on any atom is 0.352 e. The van der Waals surface area contributed by atoms with Gasteiger partial charge in [0.05, 0.1) is 6.20 Å². The molecule has 0 aliphatic carbocycles. The zero-order valence-electron chi connectivity index (χ0n) is 20.1. The number of aromatic nitrogens is 5. The fourth-order valence-corrected chi connectivity index (χ4v) is 5.85. The van der Waals surface area contributed by atoms with Gasteiger partial charge in [0.1, 0.15) is 29.8 Å². The number of carboxylic acid groups (broad SMARTS) is 1. The van der Waals surface area contributed by atoms with Crippen LogP contribution in [0.4, 0.5) is 10.9 Å². The van der Waals surface area contributed by atoms with Crippen LogP contribution in [0.2, 0.25) is 0 Å². The van der Waals surface area contributed by atoms with E-state index < -0.39 is 29.2 Å². The van der Waals surface area contributed by atoms with Crippen molar-refractivity contribution in [2.24, 2.45) is 5.16 Å². The maximum absolute atomic E-state index is 13.1. The molecule has 2 aliphatic heterocycles. The summed E-state index contributed by atoms with van der Waals surface area (Å²) in [5, 5.41) is 20.2. The van der Waals surface area contributed by atoms with Crippen LogP contribution in [0, 0.1) is 0 Å². The first-order chi connectivity index (χ1) is 18.2. The van der Waals surface area contributed by atoms with Gasteiger partial charge in [0.2, 0.25) is 11.5 Å². The molecule has 1 saturated heterocycles. The van der Waals surface area contributed by atoms with Gasteiger partial charge in [-0.1, -0.05) is 14.8 Å². The number of carbonyl (C=O) groups excluding carboxylic acids is 2. The number of aliphatic carboxylic acids is 1. The monoisotopic (exact) mass is 559 g/mol. The molecule has 0 saturated carbocycles. The van der Waals surface area contributed by atoms with E-state index in [9.17, 15) is 19.5 Å². The predicted molar refractivity (Wildman–Crippen MR) is 137 cm³/mol. The van der Waals surface area contributed by atoms with Crippen LogP contribution in [-0.2, 0) is 25.8 Å². The molecule has 2 aliphatic rings. The molecule has 0 radical (unpaired) electrons. The molecule has 6 N–H and O–H groups in total. The largest absolute Gasteiger partial charge is 0.477 e. The molecule has 15 nitrogen and oxygen atoms in total. The minimum Gasteiger partial charge on any atom is -0.477 e. The molecule has 0 unspecified atom stereocenters. The van der Waals surface area contributed by atoms with E-state index in [4.69, 9.17) is 16.3 Å². The lowest BCUT2D eigenvalue weighted by molar-refractivity contribution is -0.662. The van der Waals surface area contributed by atoms with E-state index in [1.165, 1.54) is 21.2 Å². The van der Waals surface area contributed by atoms with Crippen LogP contribution in [0.3, 0.4) is 0 Å². The first-order valence-corrected chi connectivity index (χ1v) is 13.1. The summed E-state index contributed by atoms with van der Waals surface area (Å²) in [6, 6.07) is 2.57. The highest BCUT2D eigenvalue weighted by atomic mass is 32.2. The molecule has 1 fully saturated rings. The first kappa shape index (κ1) is 25.4. The second kappa shape index (κ2) is 9.90. The Bertz CT molecular complexity index is 1510. The predicted octanol–water partition coefficient (Wildman–Crippen LogP) is -0.794. The third kappa shape index (κ3) is 4.49. The molecule has 198 valence electrons. The van der Waals surface area contributed by atoms with E-state index in [0.29, 0.717) is 22.8 Å². The molecule has 38 heavy (non-hydrogen) atoms. The van der Waals surface area contributed by atoms with Gasteiger partial charge in [-0.3, -0.25) is 14.5 Å². The van der Waals surface area contributed by atoms with Gasteiger partial charge in [-0.2, -0.15) is 9.36 Å². The lowest BCUT2D eigenvalue weighted by atomic mass is 10.0. The molecule has 17 heteroatoms. The molecule has 3 aromatic heterocycles. The van der Waals surface area contributed by atoms with Crippen LogP contribution in [0.25, 0.3) is 5.65 Å². The number of carboxylic acids is 1. The Hall–Kier alpha value is -4.25. The number of oxime groups is 1. The highest BCUT2D eigenvalue weighted by Gasteiger charge is 2.54. The summed E-state index contributed by atoms with van der Waals surface area (Å²) in [5.74, 6) is -1.88. The number of nitrogens with one attached hydrogen (secondary N) is 1. The summed E-state index contributed by atoms with van der Waals surface area (Å²) in [4.78, 5) is 48.9. The summed E-state index contributed by atoms with van der Waals surface area (Å²) in [7, 11) is 0. The Labute approximate surface area is 223 Å². The normalized spacial score (nSPS) is 19.5. The average molecular weight is 560 g/mol. The van der Waals surface area contributed by atoms with Gasteiger partial charge in [-0.05, 0) is 19.9 Å². The first-order valence-electron chi connectivity index (χ1n) is 11.3. The third-order valence-corrected chi connectivity index (χ3v) is 7.56. The van der Waals surface area contributed by atoms with Crippen molar-refractivity contribution in [1.82, 2.24) is 29.2 Å². The lowest BCUT2D eigenvalue weighted by Gasteiger charge is -2.49. The van der Waals surface area contributed by atoms with Gasteiger partial charge in [-0.25, -0.2) is 9.36 Å².